The number of rotatable bonds is 3. The van der Waals surface area contributed by atoms with E-state index in [2.05, 4.69) is 15.1 Å². The number of alkyl halides is 1. The first-order chi connectivity index (χ1) is 15.3. The number of carboxylic acid groups (broad SMARTS) is 1. The summed E-state index contributed by atoms with van der Waals surface area (Å²) >= 11 is 0. The van der Waals surface area contributed by atoms with Gasteiger partial charge in [-0.1, -0.05) is 0 Å². The molecule has 5 rings (SSSR count). The van der Waals surface area contributed by atoms with Gasteiger partial charge in [0.05, 0.1) is 24.4 Å². The number of hydrogen-bond donors (Lipinski definition) is 2. The summed E-state index contributed by atoms with van der Waals surface area (Å²) in [6, 6.07) is 5.89. The van der Waals surface area contributed by atoms with Crippen molar-refractivity contribution in [2.45, 2.75) is 57.2 Å². The molecule has 2 aromatic heterocycles. The predicted octanol–water partition coefficient (Wildman–Crippen LogP) is 3.48. The summed E-state index contributed by atoms with van der Waals surface area (Å²) in [6.07, 6.45) is 1.01. The van der Waals surface area contributed by atoms with Gasteiger partial charge in [-0.2, -0.15) is 5.10 Å². The lowest BCUT2D eigenvalue weighted by atomic mass is 9.80. The molecular weight excluding hydrogens is 413 g/mol. The molecule has 1 amide bonds. The number of halogens is 1. The second kappa shape index (κ2) is 7.81. The molecule has 2 fully saturated rings. The Hall–Kier alpha value is -3.07. The summed E-state index contributed by atoms with van der Waals surface area (Å²) in [5.74, 6) is 1.14. The Kier molecular flexibility index (Phi) is 5.08. The summed E-state index contributed by atoms with van der Waals surface area (Å²) < 4.78 is 16.7. The maximum atomic E-state index is 15.0. The Morgan fingerprint density at radius 2 is 1.97 bits per heavy atom. The quantitative estimate of drug-likeness (QED) is 0.648. The average Bonchev–Trinajstić information content (AvgIpc) is 3.13. The third kappa shape index (κ3) is 3.60. The number of amides is 1. The Morgan fingerprint density at radius 1 is 1.19 bits per heavy atom. The van der Waals surface area contributed by atoms with E-state index in [0.717, 1.165) is 32.6 Å². The van der Waals surface area contributed by atoms with Gasteiger partial charge in [0.25, 0.3) is 0 Å². The van der Waals surface area contributed by atoms with Crippen LogP contribution in [0.2, 0.25) is 0 Å². The first-order valence-corrected chi connectivity index (χ1v) is 10.9. The van der Waals surface area contributed by atoms with Gasteiger partial charge in [0.15, 0.2) is 5.82 Å². The lowest BCUT2D eigenvalue weighted by Gasteiger charge is -2.34. The first kappa shape index (κ1) is 20.8. The van der Waals surface area contributed by atoms with Gasteiger partial charge >= 0.3 is 6.09 Å². The van der Waals surface area contributed by atoms with Crippen molar-refractivity contribution in [3.05, 3.63) is 47.0 Å². The Balaban J connectivity index is 1.52. The van der Waals surface area contributed by atoms with E-state index < -0.39 is 12.3 Å². The lowest BCUT2D eigenvalue weighted by molar-refractivity contribution is 0.0731. The van der Waals surface area contributed by atoms with E-state index in [1.807, 2.05) is 32.0 Å². The van der Waals surface area contributed by atoms with Crippen LogP contribution in [0.3, 0.4) is 0 Å². The van der Waals surface area contributed by atoms with Crippen molar-refractivity contribution >= 4 is 17.0 Å². The van der Waals surface area contributed by atoms with Crippen LogP contribution in [0.4, 0.5) is 9.18 Å². The summed E-state index contributed by atoms with van der Waals surface area (Å²) in [5, 5.41) is 24.3. The molecule has 32 heavy (non-hydrogen) atoms. The number of aromatic nitrogens is 4. The number of aliphatic hydroxyl groups is 1. The highest BCUT2D eigenvalue weighted by molar-refractivity contribution is 5.82. The van der Waals surface area contributed by atoms with Gasteiger partial charge in [-0.3, -0.25) is 0 Å². The van der Waals surface area contributed by atoms with Crippen molar-refractivity contribution in [1.29, 1.82) is 0 Å². The van der Waals surface area contributed by atoms with Gasteiger partial charge in [-0.05, 0) is 56.4 Å². The molecule has 168 valence electrons. The maximum absolute atomic E-state index is 15.0. The van der Waals surface area contributed by atoms with E-state index in [4.69, 9.17) is 0 Å². The van der Waals surface area contributed by atoms with Crippen molar-refractivity contribution < 1.29 is 19.4 Å². The van der Waals surface area contributed by atoms with Crippen LogP contribution >= 0.6 is 0 Å². The van der Waals surface area contributed by atoms with Crippen molar-refractivity contribution in [2.24, 2.45) is 0 Å². The van der Waals surface area contributed by atoms with Gasteiger partial charge in [0.2, 0.25) is 0 Å². The fourth-order valence-corrected chi connectivity index (χ4v) is 4.94. The largest absolute Gasteiger partial charge is 0.465 e. The number of fused-ring (bicyclic) bond motifs is 1. The molecular formula is C23H26FN5O3. The number of piperidine rings is 1. The first-order valence-electron chi connectivity index (χ1n) is 10.9. The molecule has 8 nitrogen and oxygen atoms in total. The summed E-state index contributed by atoms with van der Waals surface area (Å²) in [5.41, 5.74) is 3.58. The minimum absolute atomic E-state index is 0.113. The number of nitrogens with zero attached hydrogens (tertiary/aromatic N) is 5. The molecule has 3 aromatic rings. The molecule has 2 aliphatic rings. The van der Waals surface area contributed by atoms with Gasteiger partial charge in [0.1, 0.15) is 12.0 Å². The predicted molar refractivity (Wildman–Crippen MR) is 116 cm³/mol. The van der Waals surface area contributed by atoms with Gasteiger partial charge < -0.3 is 15.1 Å². The van der Waals surface area contributed by atoms with E-state index >= 15 is 0 Å². The molecule has 3 heterocycles. The molecule has 2 unspecified atom stereocenters. The van der Waals surface area contributed by atoms with Crippen molar-refractivity contribution in [3.8, 4) is 5.82 Å². The van der Waals surface area contributed by atoms with E-state index in [9.17, 15) is 19.4 Å². The van der Waals surface area contributed by atoms with Crippen LogP contribution in [0.15, 0.2) is 24.4 Å². The Labute approximate surface area is 184 Å². The number of aliphatic hydroxyl groups excluding tert-OH is 1. The maximum Gasteiger partial charge on any atom is 0.407 e. The average molecular weight is 439 g/mol. The van der Waals surface area contributed by atoms with E-state index in [-0.39, 0.29) is 24.5 Å². The molecule has 0 bridgehead atoms. The third-order valence-corrected chi connectivity index (χ3v) is 6.76. The SMILES string of the molecule is Cc1nc(-n2ncc3cc(C)c(C4CCN(C(=O)O)CC4F)cc32)cc([C@H]2C[C@H](O)C2)n1. The van der Waals surface area contributed by atoms with Crippen LogP contribution in [-0.2, 0) is 0 Å². The molecule has 0 spiro atoms. The number of aryl methyl sites for hydroxylation is 2. The summed E-state index contributed by atoms with van der Waals surface area (Å²) in [4.78, 5) is 21.5. The van der Waals surface area contributed by atoms with E-state index in [0.29, 0.717) is 37.4 Å². The lowest BCUT2D eigenvalue weighted by Crippen LogP contribution is -2.43. The van der Waals surface area contributed by atoms with Crippen LogP contribution in [-0.4, -0.2) is 66.3 Å². The minimum Gasteiger partial charge on any atom is -0.465 e. The second-order valence-corrected chi connectivity index (χ2v) is 8.98. The minimum atomic E-state index is -1.26. The fourth-order valence-electron chi connectivity index (χ4n) is 4.94. The van der Waals surface area contributed by atoms with Gasteiger partial charge in [-0.15, -0.1) is 0 Å². The number of likely N-dealkylation sites (tertiary alicyclic amines) is 1. The third-order valence-electron chi connectivity index (χ3n) is 6.76. The number of carbonyl (C=O) groups is 1. The second-order valence-electron chi connectivity index (χ2n) is 8.98. The molecule has 9 heteroatoms. The Morgan fingerprint density at radius 3 is 2.66 bits per heavy atom. The number of hydrogen-bond acceptors (Lipinski definition) is 5. The van der Waals surface area contributed by atoms with E-state index in [1.54, 1.807) is 10.9 Å². The molecule has 0 radical (unpaired) electrons. The smallest absolute Gasteiger partial charge is 0.407 e. The van der Waals surface area contributed by atoms with Crippen molar-refractivity contribution in [3.63, 3.8) is 0 Å². The molecule has 2 N–H and O–H groups in total. The highest BCUT2D eigenvalue weighted by Gasteiger charge is 2.34. The van der Waals surface area contributed by atoms with Crippen LogP contribution in [0.5, 0.6) is 0 Å². The van der Waals surface area contributed by atoms with Crippen LogP contribution in [0, 0.1) is 13.8 Å². The molecule has 2 atom stereocenters. The van der Waals surface area contributed by atoms with Crippen molar-refractivity contribution in [1.82, 2.24) is 24.6 Å². The topological polar surface area (TPSA) is 104 Å². The Bertz CT molecular complexity index is 1190. The molecule has 1 aliphatic heterocycles. The molecule has 1 aliphatic carbocycles. The zero-order valence-electron chi connectivity index (χ0n) is 18.1. The highest BCUT2D eigenvalue weighted by Crippen LogP contribution is 2.37. The van der Waals surface area contributed by atoms with Crippen LogP contribution in [0.1, 0.15) is 53.7 Å². The molecule has 1 saturated heterocycles. The standard InChI is InChI=1S/C23H26FN5O3/c1-12-5-15-10-25-29(22-9-20(26-13(2)27-22)14-6-16(30)7-14)21(15)8-18(12)17-3-4-28(23(31)32)11-19(17)24/h5,8-10,14,16-17,19,30H,3-4,6-7,11H2,1-2H3,(H,31,32)/t14-,16-,17?,19?. The van der Waals surface area contributed by atoms with Gasteiger partial charge in [0, 0.05) is 35.5 Å². The number of benzene rings is 1. The molecule has 1 aromatic carbocycles. The van der Waals surface area contributed by atoms with E-state index in [1.165, 1.54) is 0 Å². The summed E-state index contributed by atoms with van der Waals surface area (Å²) in [6.45, 7) is 4.00. The van der Waals surface area contributed by atoms with Gasteiger partial charge in [-0.25, -0.2) is 23.8 Å². The zero-order chi connectivity index (χ0) is 22.6. The molecule has 1 saturated carbocycles. The normalized spacial score (nSPS) is 25.7. The zero-order valence-corrected chi connectivity index (χ0v) is 18.1. The summed E-state index contributed by atoms with van der Waals surface area (Å²) in [7, 11) is 0. The van der Waals surface area contributed by atoms with Crippen LogP contribution in [0.25, 0.3) is 16.7 Å². The fraction of sp³-hybridized carbons (Fsp3) is 0.478. The van der Waals surface area contributed by atoms with Crippen molar-refractivity contribution in [2.75, 3.05) is 13.1 Å². The van der Waals surface area contributed by atoms with Crippen LogP contribution < -0.4 is 0 Å². The monoisotopic (exact) mass is 439 g/mol. The highest BCUT2D eigenvalue weighted by atomic mass is 19.1.